The topological polar surface area (TPSA) is 42.7 Å². The van der Waals surface area contributed by atoms with Crippen LogP contribution in [0.25, 0.3) is 0 Å². The van der Waals surface area contributed by atoms with Crippen molar-refractivity contribution in [2.45, 2.75) is 58.5 Å². The molecule has 1 heterocycles. The Kier molecular flexibility index (Phi) is 4.15. The molecule has 1 aliphatic carbocycles. The maximum atomic E-state index is 4.18. The van der Waals surface area contributed by atoms with Crippen molar-refractivity contribution in [2.75, 3.05) is 6.54 Å². The van der Waals surface area contributed by atoms with Crippen molar-refractivity contribution in [3.8, 4) is 0 Å². The number of hydrogen-bond acceptors (Lipinski definition) is 3. The van der Waals surface area contributed by atoms with Crippen LogP contribution >= 0.6 is 0 Å². The summed E-state index contributed by atoms with van der Waals surface area (Å²) in [6.07, 6.45) is 5.71. The first-order chi connectivity index (χ1) is 8.22. The molecular formula is C13H24N4. The molecule has 2 unspecified atom stereocenters. The summed E-state index contributed by atoms with van der Waals surface area (Å²) in [7, 11) is 0. The number of hydrogen-bond donors (Lipinski definition) is 1. The highest BCUT2D eigenvalue weighted by atomic mass is 15.4. The summed E-state index contributed by atoms with van der Waals surface area (Å²) >= 11 is 0. The normalized spacial score (nSPS) is 24.0. The summed E-state index contributed by atoms with van der Waals surface area (Å²) in [5.41, 5.74) is 1.34. The monoisotopic (exact) mass is 236 g/mol. The summed E-state index contributed by atoms with van der Waals surface area (Å²) in [6.45, 7) is 8.72. The minimum Gasteiger partial charge on any atom is -0.314 e. The first-order valence-electron chi connectivity index (χ1n) is 6.84. The molecule has 0 radical (unpaired) electrons. The predicted octanol–water partition coefficient (Wildman–Crippen LogP) is 2.18. The zero-order valence-electron chi connectivity index (χ0n) is 11.2. The molecule has 1 fully saturated rings. The van der Waals surface area contributed by atoms with Gasteiger partial charge in [0.25, 0.3) is 0 Å². The molecule has 0 spiro atoms. The van der Waals surface area contributed by atoms with E-state index in [1.165, 1.54) is 18.5 Å². The molecule has 0 aliphatic heterocycles. The van der Waals surface area contributed by atoms with Crippen LogP contribution in [-0.4, -0.2) is 27.6 Å². The average Bonchev–Trinajstić information content (AvgIpc) is 2.65. The van der Waals surface area contributed by atoms with Gasteiger partial charge in [0.15, 0.2) is 0 Å². The second-order valence-corrected chi connectivity index (χ2v) is 5.39. The van der Waals surface area contributed by atoms with Gasteiger partial charge in [-0.1, -0.05) is 26.0 Å². The molecule has 4 heteroatoms. The van der Waals surface area contributed by atoms with Crippen molar-refractivity contribution < 1.29 is 0 Å². The molecule has 0 amide bonds. The molecule has 1 aromatic rings. The largest absolute Gasteiger partial charge is 0.314 e. The van der Waals surface area contributed by atoms with Crippen molar-refractivity contribution in [3.63, 3.8) is 0 Å². The third-order valence-electron chi connectivity index (χ3n) is 3.67. The highest BCUT2D eigenvalue weighted by Gasteiger charge is 2.34. The van der Waals surface area contributed by atoms with E-state index in [1.54, 1.807) is 0 Å². The van der Waals surface area contributed by atoms with E-state index < -0.39 is 0 Å². The Hall–Kier alpha value is -0.900. The third kappa shape index (κ3) is 2.86. The smallest absolute Gasteiger partial charge is 0.0728 e. The molecule has 2 atom stereocenters. The van der Waals surface area contributed by atoms with Crippen LogP contribution in [0, 0.1) is 5.92 Å². The van der Waals surface area contributed by atoms with Crippen molar-refractivity contribution in [3.05, 3.63) is 11.9 Å². The SMILES string of the molecule is CCCn1nncc1C1CCC1CNC(C)C. The van der Waals surface area contributed by atoms with Crippen LogP contribution in [0.15, 0.2) is 6.20 Å². The van der Waals surface area contributed by atoms with E-state index >= 15 is 0 Å². The first-order valence-corrected chi connectivity index (χ1v) is 6.84. The van der Waals surface area contributed by atoms with Crippen molar-refractivity contribution in [2.24, 2.45) is 5.92 Å². The molecule has 1 N–H and O–H groups in total. The Morgan fingerprint density at radius 1 is 1.47 bits per heavy atom. The fourth-order valence-corrected chi connectivity index (χ4v) is 2.53. The molecule has 1 saturated carbocycles. The van der Waals surface area contributed by atoms with E-state index in [-0.39, 0.29) is 0 Å². The fraction of sp³-hybridized carbons (Fsp3) is 0.846. The van der Waals surface area contributed by atoms with Gasteiger partial charge in [-0.15, -0.1) is 5.10 Å². The van der Waals surface area contributed by atoms with Crippen molar-refractivity contribution >= 4 is 0 Å². The maximum Gasteiger partial charge on any atom is 0.0728 e. The van der Waals surface area contributed by atoms with E-state index in [2.05, 4.69) is 41.1 Å². The lowest BCUT2D eigenvalue weighted by Crippen LogP contribution is -2.37. The lowest BCUT2D eigenvalue weighted by atomic mass is 9.72. The number of nitrogens with zero attached hydrogens (tertiary/aromatic N) is 3. The molecule has 2 rings (SSSR count). The van der Waals surface area contributed by atoms with E-state index in [1.807, 2.05) is 6.20 Å². The van der Waals surface area contributed by atoms with E-state index in [4.69, 9.17) is 0 Å². The van der Waals surface area contributed by atoms with Crippen LogP contribution in [0.1, 0.15) is 51.6 Å². The molecule has 1 aromatic heterocycles. The standard InChI is InChI=1S/C13H24N4/c1-4-7-17-13(9-15-16-17)12-6-5-11(12)8-14-10(2)3/h9-12,14H,4-8H2,1-3H3. The second kappa shape index (κ2) is 5.63. The van der Waals surface area contributed by atoms with Crippen LogP contribution in [-0.2, 0) is 6.54 Å². The molecule has 17 heavy (non-hydrogen) atoms. The van der Waals surface area contributed by atoms with Gasteiger partial charge in [-0.2, -0.15) is 0 Å². The molecule has 96 valence electrons. The van der Waals surface area contributed by atoms with Gasteiger partial charge in [0.05, 0.1) is 11.9 Å². The Morgan fingerprint density at radius 2 is 2.29 bits per heavy atom. The van der Waals surface area contributed by atoms with Gasteiger partial charge in [0.1, 0.15) is 0 Å². The Bertz CT molecular complexity index is 345. The Labute approximate surface area is 104 Å². The Morgan fingerprint density at radius 3 is 2.88 bits per heavy atom. The van der Waals surface area contributed by atoms with Gasteiger partial charge in [-0.3, -0.25) is 0 Å². The van der Waals surface area contributed by atoms with Gasteiger partial charge in [-0.05, 0) is 31.7 Å². The number of aryl methyl sites for hydroxylation is 1. The molecule has 1 aliphatic rings. The quantitative estimate of drug-likeness (QED) is 0.823. The zero-order valence-corrected chi connectivity index (χ0v) is 11.2. The van der Waals surface area contributed by atoms with E-state index in [9.17, 15) is 0 Å². The summed E-state index contributed by atoms with van der Waals surface area (Å²) in [4.78, 5) is 0. The number of aromatic nitrogens is 3. The highest BCUT2D eigenvalue weighted by Crippen LogP contribution is 2.41. The average molecular weight is 236 g/mol. The van der Waals surface area contributed by atoms with Crippen molar-refractivity contribution in [1.29, 1.82) is 0 Å². The van der Waals surface area contributed by atoms with Crippen LogP contribution in [0.3, 0.4) is 0 Å². The zero-order chi connectivity index (χ0) is 12.3. The first kappa shape index (κ1) is 12.6. The minimum atomic E-state index is 0.579. The van der Waals surface area contributed by atoms with E-state index in [0.29, 0.717) is 12.0 Å². The summed E-state index contributed by atoms with van der Waals surface area (Å²) in [5, 5.41) is 11.8. The second-order valence-electron chi connectivity index (χ2n) is 5.39. The lowest BCUT2D eigenvalue weighted by Gasteiger charge is -2.37. The van der Waals surface area contributed by atoms with E-state index in [0.717, 1.165) is 25.4 Å². The van der Waals surface area contributed by atoms with Gasteiger partial charge in [-0.25, -0.2) is 4.68 Å². The van der Waals surface area contributed by atoms with Gasteiger partial charge >= 0.3 is 0 Å². The van der Waals surface area contributed by atoms with Crippen LogP contribution in [0.5, 0.6) is 0 Å². The van der Waals surface area contributed by atoms with Crippen LogP contribution in [0.2, 0.25) is 0 Å². The Balaban J connectivity index is 1.95. The summed E-state index contributed by atoms with van der Waals surface area (Å²) in [5.74, 6) is 1.44. The molecular weight excluding hydrogens is 212 g/mol. The van der Waals surface area contributed by atoms with Gasteiger partial charge < -0.3 is 5.32 Å². The fourth-order valence-electron chi connectivity index (χ4n) is 2.53. The highest BCUT2D eigenvalue weighted by molar-refractivity contribution is 5.10. The van der Waals surface area contributed by atoms with Crippen LogP contribution in [0.4, 0.5) is 0 Å². The summed E-state index contributed by atoms with van der Waals surface area (Å²) < 4.78 is 2.09. The predicted molar refractivity (Wildman–Crippen MR) is 68.9 cm³/mol. The van der Waals surface area contributed by atoms with Crippen molar-refractivity contribution in [1.82, 2.24) is 20.3 Å². The maximum absolute atomic E-state index is 4.18. The van der Waals surface area contributed by atoms with Crippen LogP contribution < -0.4 is 5.32 Å². The third-order valence-corrected chi connectivity index (χ3v) is 3.67. The molecule has 0 bridgehead atoms. The number of nitrogens with one attached hydrogen (secondary N) is 1. The van der Waals surface area contributed by atoms with Gasteiger partial charge in [0.2, 0.25) is 0 Å². The molecule has 4 nitrogen and oxygen atoms in total. The summed E-state index contributed by atoms with van der Waals surface area (Å²) in [6, 6.07) is 0.579. The number of rotatable bonds is 6. The minimum absolute atomic E-state index is 0.579. The molecule has 0 aromatic carbocycles. The molecule has 0 saturated heterocycles. The lowest BCUT2D eigenvalue weighted by molar-refractivity contribution is 0.229. The van der Waals surface area contributed by atoms with Gasteiger partial charge in [0, 0.05) is 18.5 Å².